The fourth-order valence-corrected chi connectivity index (χ4v) is 9.12. The average molecular weight is 501 g/mol. The molecule has 2 atom stereocenters. The lowest BCUT2D eigenvalue weighted by Gasteiger charge is -2.40. The van der Waals surface area contributed by atoms with E-state index in [9.17, 15) is 8.42 Å². The second-order valence-corrected chi connectivity index (χ2v) is 22.4. The molecule has 1 aromatic rings. The Balaban J connectivity index is 2.93. The van der Waals surface area contributed by atoms with Gasteiger partial charge in [0.15, 0.2) is 26.5 Å². The third-order valence-electron chi connectivity index (χ3n) is 7.49. The summed E-state index contributed by atoms with van der Waals surface area (Å²) in [6.07, 6.45) is 1.40. The van der Waals surface area contributed by atoms with Gasteiger partial charge in [-0.2, -0.15) is 0 Å². The van der Waals surface area contributed by atoms with Gasteiger partial charge in [-0.05, 0) is 61.2 Å². The van der Waals surface area contributed by atoms with E-state index in [-0.39, 0.29) is 22.8 Å². The molecular formula is C25H48O4SSi2. The summed E-state index contributed by atoms with van der Waals surface area (Å²) in [5, 5.41) is 0.168. The topological polar surface area (TPSA) is 52.6 Å². The first-order valence-corrected chi connectivity index (χ1v) is 19.4. The van der Waals surface area contributed by atoms with Gasteiger partial charge < -0.3 is 8.85 Å². The van der Waals surface area contributed by atoms with Crippen LogP contribution in [0.15, 0.2) is 35.2 Å². The van der Waals surface area contributed by atoms with Crippen LogP contribution in [0.4, 0.5) is 0 Å². The van der Waals surface area contributed by atoms with Crippen molar-refractivity contribution in [1.82, 2.24) is 0 Å². The SMILES string of the molecule is CC[Si](CC)(CC)O[C@H](CCCS(=O)(=O)c1ccccc1)[C@@H](C)CO[Si](C)(C)C(C)(C)C. The summed E-state index contributed by atoms with van der Waals surface area (Å²) in [5.41, 5.74) is 0. The average Bonchev–Trinajstić information content (AvgIpc) is 2.74. The largest absolute Gasteiger partial charge is 0.416 e. The lowest BCUT2D eigenvalue weighted by molar-refractivity contribution is 0.0835. The standard InChI is InChI=1S/C25H48O4SSi2/c1-10-32(11-2,12-3)29-24(22(4)21-28-31(8,9)25(5,6)7)19-16-20-30(26,27)23-17-14-13-15-18-23/h13-15,17-18,22,24H,10-12,16,19-21H2,1-9H3/t22-,24+/m0/s1. The van der Waals surface area contributed by atoms with E-state index < -0.39 is 26.5 Å². The van der Waals surface area contributed by atoms with Crippen molar-refractivity contribution in [3.05, 3.63) is 30.3 Å². The van der Waals surface area contributed by atoms with Crippen molar-refractivity contribution in [3.63, 3.8) is 0 Å². The van der Waals surface area contributed by atoms with Gasteiger partial charge in [0.1, 0.15) is 0 Å². The first-order valence-electron chi connectivity index (χ1n) is 12.3. The normalized spacial score (nSPS) is 15.5. The zero-order valence-corrected chi connectivity index (χ0v) is 24.8. The van der Waals surface area contributed by atoms with Crippen molar-refractivity contribution in [3.8, 4) is 0 Å². The second-order valence-electron chi connectivity index (χ2n) is 10.7. The smallest absolute Gasteiger partial charge is 0.192 e. The molecule has 4 nitrogen and oxygen atoms in total. The quantitative estimate of drug-likeness (QED) is 0.252. The van der Waals surface area contributed by atoms with E-state index in [0.29, 0.717) is 17.9 Å². The van der Waals surface area contributed by atoms with Gasteiger partial charge >= 0.3 is 0 Å². The highest BCUT2D eigenvalue weighted by Crippen LogP contribution is 2.37. The van der Waals surface area contributed by atoms with Crippen molar-refractivity contribution in [2.75, 3.05) is 12.4 Å². The molecule has 0 aliphatic heterocycles. The summed E-state index contributed by atoms with van der Waals surface area (Å²) in [6.45, 7) is 21.0. The number of hydrogen-bond acceptors (Lipinski definition) is 4. The van der Waals surface area contributed by atoms with Crippen LogP contribution in [-0.4, -0.2) is 43.5 Å². The summed E-state index contributed by atoms with van der Waals surface area (Å²) in [5.74, 6) is 0.395. The van der Waals surface area contributed by atoms with Gasteiger partial charge in [0, 0.05) is 18.6 Å². The molecule has 0 heterocycles. The van der Waals surface area contributed by atoms with Crippen LogP contribution in [0.2, 0.25) is 36.3 Å². The highest BCUT2D eigenvalue weighted by molar-refractivity contribution is 7.91. The lowest BCUT2D eigenvalue weighted by atomic mass is 10.0. The molecule has 0 amide bonds. The fourth-order valence-electron chi connectivity index (χ4n) is 3.66. The van der Waals surface area contributed by atoms with Crippen LogP contribution < -0.4 is 0 Å². The Morgan fingerprint density at radius 3 is 1.97 bits per heavy atom. The van der Waals surface area contributed by atoms with E-state index >= 15 is 0 Å². The highest BCUT2D eigenvalue weighted by atomic mass is 32.2. The molecule has 0 radical (unpaired) electrons. The fraction of sp³-hybridized carbons (Fsp3) is 0.760. The minimum absolute atomic E-state index is 0.0391. The van der Waals surface area contributed by atoms with Gasteiger partial charge in [-0.25, -0.2) is 8.42 Å². The highest BCUT2D eigenvalue weighted by Gasteiger charge is 2.39. The van der Waals surface area contributed by atoms with Crippen molar-refractivity contribution in [1.29, 1.82) is 0 Å². The third kappa shape index (κ3) is 8.38. The second kappa shape index (κ2) is 12.3. The molecule has 0 fully saturated rings. The molecule has 32 heavy (non-hydrogen) atoms. The Morgan fingerprint density at radius 1 is 0.969 bits per heavy atom. The van der Waals surface area contributed by atoms with Crippen LogP contribution in [0.5, 0.6) is 0 Å². The van der Waals surface area contributed by atoms with Gasteiger partial charge in [0.05, 0.1) is 10.6 Å². The van der Waals surface area contributed by atoms with Crippen LogP contribution >= 0.6 is 0 Å². The summed E-state index contributed by atoms with van der Waals surface area (Å²) in [6, 6.07) is 12.0. The van der Waals surface area contributed by atoms with Crippen molar-refractivity contribution >= 4 is 26.5 Å². The van der Waals surface area contributed by atoms with E-state index in [2.05, 4.69) is 61.6 Å². The molecule has 186 valence electrons. The first kappa shape index (κ1) is 29.6. The number of rotatable bonds is 14. The Kier molecular flexibility index (Phi) is 11.4. The molecule has 0 N–H and O–H groups in total. The van der Waals surface area contributed by atoms with E-state index in [0.717, 1.165) is 24.6 Å². The first-order chi connectivity index (χ1) is 14.7. The molecule has 0 spiro atoms. The molecule has 0 aliphatic carbocycles. The Hall–Kier alpha value is -0.476. The zero-order chi connectivity index (χ0) is 24.6. The minimum atomic E-state index is -3.27. The van der Waals surface area contributed by atoms with Gasteiger partial charge in [-0.1, -0.05) is 66.7 Å². The van der Waals surface area contributed by atoms with E-state index in [1.54, 1.807) is 24.3 Å². The molecule has 0 unspecified atom stereocenters. The van der Waals surface area contributed by atoms with Crippen molar-refractivity contribution in [2.24, 2.45) is 5.92 Å². The van der Waals surface area contributed by atoms with Crippen molar-refractivity contribution in [2.45, 2.75) is 109 Å². The molecule has 1 aromatic carbocycles. The summed E-state index contributed by atoms with van der Waals surface area (Å²) < 4.78 is 38.9. The molecule has 1 rings (SSSR count). The van der Waals surface area contributed by atoms with Crippen molar-refractivity contribution < 1.29 is 17.3 Å². The Bertz CT molecular complexity index is 761. The number of sulfone groups is 1. The van der Waals surface area contributed by atoms with Gasteiger partial charge in [-0.15, -0.1) is 0 Å². The van der Waals surface area contributed by atoms with Crippen LogP contribution in [0, 0.1) is 5.92 Å². The summed E-state index contributed by atoms with van der Waals surface area (Å²) >= 11 is 0. The molecular weight excluding hydrogens is 453 g/mol. The van der Waals surface area contributed by atoms with Gasteiger partial charge in [-0.3, -0.25) is 0 Å². The number of benzene rings is 1. The molecule has 7 heteroatoms. The molecule has 0 bridgehead atoms. The van der Waals surface area contributed by atoms with Gasteiger partial charge in [0.25, 0.3) is 0 Å². The summed E-state index contributed by atoms with van der Waals surface area (Å²) in [7, 11) is -6.92. The van der Waals surface area contributed by atoms with Gasteiger partial charge in [0.2, 0.25) is 0 Å². The predicted octanol–water partition coefficient (Wildman–Crippen LogP) is 7.29. The van der Waals surface area contributed by atoms with E-state index in [1.807, 2.05) is 6.07 Å². The molecule has 0 aliphatic rings. The predicted molar refractivity (Wildman–Crippen MR) is 142 cm³/mol. The maximum atomic E-state index is 12.8. The maximum Gasteiger partial charge on any atom is 0.192 e. The Morgan fingerprint density at radius 2 is 1.50 bits per heavy atom. The molecule has 0 saturated carbocycles. The van der Waals surface area contributed by atoms with Crippen LogP contribution in [0.25, 0.3) is 0 Å². The lowest BCUT2D eigenvalue weighted by Crippen LogP contribution is -2.45. The van der Waals surface area contributed by atoms with E-state index in [4.69, 9.17) is 8.85 Å². The van der Waals surface area contributed by atoms with Crippen LogP contribution in [0.3, 0.4) is 0 Å². The molecule has 0 aromatic heterocycles. The minimum Gasteiger partial charge on any atom is -0.416 e. The van der Waals surface area contributed by atoms with Crippen LogP contribution in [-0.2, 0) is 18.7 Å². The third-order valence-corrected chi connectivity index (χ3v) is 18.5. The van der Waals surface area contributed by atoms with E-state index in [1.165, 1.54) is 0 Å². The van der Waals surface area contributed by atoms with Crippen LogP contribution in [0.1, 0.15) is 61.3 Å². The number of hydrogen-bond donors (Lipinski definition) is 0. The zero-order valence-electron chi connectivity index (χ0n) is 22.0. The Labute approximate surface area is 200 Å². The molecule has 0 saturated heterocycles. The summed E-state index contributed by atoms with van der Waals surface area (Å²) in [4.78, 5) is 0.408. The monoisotopic (exact) mass is 500 g/mol. The maximum absolute atomic E-state index is 12.8.